The standard InChI is InChI=1S/C20H27NO5/c1-14(2)17(22)24-16-12-19(3,4)21(20(5,6)13-16)26-18(23)25-15-10-8-7-9-11-15/h7-11,16H,1,12-13H2,2-6H3. The van der Waals surface area contributed by atoms with E-state index in [0.29, 0.717) is 24.2 Å². The molecular weight excluding hydrogens is 334 g/mol. The highest BCUT2D eigenvalue weighted by atomic mass is 16.8. The van der Waals surface area contributed by atoms with Crippen LogP contribution in [0.4, 0.5) is 4.79 Å². The maximum Gasteiger partial charge on any atom is 0.533 e. The molecule has 2 rings (SSSR count). The number of nitrogens with zero attached hydrogens (tertiary/aromatic N) is 1. The molecule has 0 bridgehead atoms. The quantitative estimate of drug-likeness (QED) is 0.454. The first-order valence-electron chi connectivity index (χ1n) is 8.63. The Balaban J connectivity index is 2.07. The van der Waals surface area contributed by atoms with Crippen molar-refractivity contribution >= 4 is 12.1 Å². The molecule has 1 heterocycles. The second-order valence-electron chi connectivity index (χ2n) is 7.89. The van der Waals surface area contributed by atoms with Crippen LogP contribution in [0.5, 0.6) is 5.75 Å². The normalized spacial score (nSPS) is 19.4. The molecule has 0 radical (unpaired) electrons. The number of benzene rings is 1. The van der Waals surface area contributed by atoms with Crippen molar-refractivity contribution in [2.24, 2.45) is 0 Å². The minimum Gasteiger partial charge on any atom is -0.459 e. The van der Waals surface area contributed by atoms with Crippen LogP contribution < -0.4 is 4.74 Å². The van der Waals surface area contributed by atoms with Crippen LogP contribution in [0.1, 0.15) is 47.5 Å². The molecule has 1 aliphatic heterocycles. The second kappa shape index (κ2) is 7.50. The summed E-state index contributed by atoms with van der Waals surface area (Å²) in [6.45, 7) is 13.0. The summed E-state index contributed by atoms with van der Waals surface area (Å²) in [6.07, 6.45) is -0.0359. The Hall–Kier alpha value is -2.34. The molecule has 0 amide bonds. The van der Waals surface area contributed by atoms with Crippen molar-refractivity contribution in [1.29, 1.82) is 0 Å². The molecular formula is C20H27NO5. The van der Waals surface area contributed by atoms with E-state index in [1.165, 1.54) is 0 Å². The Kier molecular flexibility index (Phi) is 5.76. The van der Waals surface area contributed by atoms with Crippen LogP contribution in [-0.2, 0) is 14.4 Å². The van der Waals surface area contributed by atoms with Crippen molar-refractivity contribution in [2.45, 2.75) is 64.6 Å². The summed E-state index contributed by atoms with van der Waals surface area (Å²) in [6, 6.07) is 8.75. The van der Waals surface area contributed by atoms with Crippen LogP contribution in [0.25, 0.3) is 0 Å². The van der Waals surface area contributed by atoms with Gasteiger partial charge in [0.1, 0.15) is 11.9 Å². The Labute approximate surface area is 154 Å². The van der Waals surface area contributed by atoms with Crippen molar-refractivity contribution in [3.05, 3.63) is 42.5 Å². The number of esters is 1. The third-order valence-corrected chi connectivity index (χ3v) is 4.29. The maximum atomic E-state index is 12.2. The van der Waals surface area contributed by atoms with E-state index in [-0.39, 0.29) is 6.10 Å². The van der Waals surface area contributed by atoms with Crippen LogP contribution >= 0.6 is 0 Å². The van der Waals surface area contributed by atoms with Gasteiger partial charge in [0.15, 0.2) is 0 Å². The molecule has 1 aromatic carbocycles. The van der Waals surface area contributed by atoms with E-state index in [4.69, 9.17) is 14.3 Å². The number of para-hydroxylation sites is 1. The van der Waals surface area contributed by atoms with Gasteiger partial charge >= 0.3 is 12.1 Å². The molecule has 26 heavy (non-hydrogen) atoms. The van der Waals surface area contributed by atoms with Gasteiger partial charge in [0.25, 0.3) is 0 Å². The second-order valence-corrected chi connectivity index (χ2v) is 7.89. The molecule has 1 aromatic rings. The van der Waals surface area contributed by atoms with Crippen LogP contribution in [0, 0.1) is 0 Å². The Morgan fingerprint density at radius 3 is 2.12 bits per heavy atom. The molecule has 0 aliphatic carbocycles. The Morgan fingerprint density at radius 2 is 1.62 bits per heavy atom. The molecule has 0 saturated carbocycles. The number of carbonyl (C=O) groups is 2. The zero-order valence-electron chi connectivity index (χ0n) is 16.1. The highest BCUT2D eigenvalue weighted by molar-refractivity contribution is 5.87. The molecule has 0 atom stereocenters. The largest absolute Gasteiger partial charge is 0.533 e. The third-order valence-electron chi connectivity index (χ3n) is 4.29. The van der Waals surface area contributed by atoms with Gasteiger partial charge in [-0.25, -0.2) is 9.59 Å². The summed E-state index contributed by atoms with van der Waals surface area (Å²) < 4.78 is 10.8. The van der Waals surface area contributed by atoms with Crippen molar-refractivity contribution in [1.82, 2.24) is 5.06 Å². The fourth-order valence-corrected chi connectivity index (χ4v) is 3.43. The number of ether oxygens (including phenoxy) is 2. The highest BCUT2D eigenvalue weighted by Crippen LogP contribution is 2.40. The van der Waals surface area contributed by atoms with E-state index < -0.39 is 23.2 Å². The first-order valence-corrected chi connectivity index (χ1v) is 8.63. The predicted octanol–water partition coefficient (Wildman–Crippen LogP) is 4.26. The molecule has 0 N–H and O–H groups in total. The molecule has 6 heteroatoms. The highest BCUT2D eigenvalue weighted by Gasteiger charge is 2.49. The fourth-order valence-electron chi connectivity index (χ4n) is 3.43. The van der Waals surface area contributed by atoms with Crippen molar-refractivity contribution < 1.29 is 23.9 Å². The molecule has 6 nitrogen and oxygen atoms in total. The maximum absolute atomic E-state index is 12.2. The molecule has 0 aromatic heterocycles. The number of carbonyl (C=O) groups excluding carboxylic acids is 2. The summed E-state index contributed by atoms with van der Waals surface area (Å²) >= 11 is 0. The smallest absolute Gasteiger partial charge is 0.459 e. The Bertz CT molecular complexity index is 663. The van der Waals surface area contributed by atoms with Gasteiger partial charge < -0.3 is 14.3 Å². The first-order chi connectivity index (χ1) is 12.0. The van der Waals surface area contributed by atoms with Crippen LogP contribution in [0.3, 0.4) is 0 Å². The number of hydrogen-bond acceptors (Lipinski definition) is 6. The van der Waals surface area contributed by atoms with Crippen LogP contribution in [0.2, 0.25) is 0 Å². The SMILES string of the molecule is C=C(C)C(=O)OC1CC(C)(C)N(OC(=O)Oc2ccccc2)C(C)(C)C1. The van der Waals surface area contributed by atoms with Gasteiger partial charge in [-0.05, 0) is 46.8 Å². The summed E-state index contributed by atoms with van der Waals surface area (Å²) in [5.41, 5.74) is -0.722. The predicted molar refractivity (Wildman–Crippen MR) is 97.5 cm³/mol. The van der Waals surface area contributed by atoms with Crippen LogP contribution in [0.15, 0.2) is 42.5 Å². The molecule has 1 saturated heterocycles. The topological polar surface area (TPSA) is 65.1 Å². The van der Waals surface area contributed by atoms with Gasteiger partial charge in [-0.1, -0.05) is 24.8 Å². The van der Waals surface area contributed by atoms with E-state index in [2.05, 4.69) is 6.58 Å². The molecule has 1 fully saturated rings. The van der Waals surface area contributed by atoms with Crippen LogP contribution in [-0.4, -0.2) is 34.4 Å². The zero-order chi connectivity index (χ0) is 19.5. The lowest BCUT2D eigenvalue weighted by Crippen LogP contribution is -2.62. The van der Waals surface area contributed by atoms with Gasteiger partial charge in [0.05, 0.1) is 11.1 Å². The van der Waals surface area contributed by atoms with Crippen molar-refractivity contribution in [3.8, 4) is 5.75 Å². The van der Waals surface area contributed by atoms with Crippen molar-refractivity contribution in [2.75, 3.05) is 0 Å². The van der Waals surface area contributed by atoms with E-state index in [0.717, 1.165) is 0 Å². The molecule has 142 valence electrons. The van der Waals surface area contributed by atoms with Gasteiger partial charge in [-0.2, -0.15) is 0 Å². The van der Waals surface area contributed by atoms with E-state index in [1.54, 1.807) is 36.3 Å². The summed E-state index contributed by atoms with van der Waals surface area (Å²) in [7, 11) is 0. The van der Waals surface area contributed by atoms with Crippen molar-refractivity contribution in [3.63, 3.8) is 0 Å². The summed E-state index contributed by atoms with van der Waals surface area (Å²) in [5.74, 6) is 0.0119. The van der Waals surface area contributed by atoms with E-state index in [9.17, 15) is 9.59 Å². The number of hydroxylamine groups is 2. The lowest BCUT2D eigenvalue weighted by molar-refractivity contribution is -0.262. The zero-order valence-corrected chi connectivity index (χ0v) is 16.1. The lowest BCUT2D eigenvalue weighted by Gasteiger charge is -2.51. The first kappa shape index (κ1) is 20.0. The number of hydrogen-bond donors (Lipinski definition) is 0. The number of piperidine rings is 1. The van der Waals surface area contributed by atoms with E-state index in [1.807, 2.05) is 33.8 Å². The van der Waals surface area contributed by atoms with Gasteiger partial charge in [0, 0.05) is 18.4 Å². The monoisotopic (exact) mass is 361 g/mol. The minimum atomic E-state index is -0.797. The molecule has 0 spiro atoms. The minimum absolute atomic E-state index is 0.283. The fraction of sp³-hybridized carbons (Fsp3) is 0.500. The summed E-state index contributed by atoms with van der Waals surface area (Å²) in [5, 5.41) is 1.64. The van der Waals surface area contributed by atoms with Gasteiger partial charge in [-0.15, -0.1) is 5.06 Å². The van der Waals surface area contributed by atoms with E-state index >= 15 is 0 Å². The lowest BCUT2D eigenvalue weighted by atomic mass is 9.80. The van der Waals surface area contributed by atoms with Gasteiger partial charge in [-0.3, -0.25) is 0 Å². The summed E-state index contributed by atoms with van der Waals surface area (Å²) in [4.78, 5) is 29.6. The average molecular weight is 361 g/mol. The Morgan fingerprint density at radius 1 is 1.08 bits per heavy atom. The number of rotatable bonds is 4. The van der Waals surface area contributed by atoms with Gasteiger partial charge in [0.2, 0.25) is 0 Å². The average Bonchev–Trinajstić information content (AvgIpc) is 2.51. The molecule has 1 aliphatic rings. The third kappa shape index (κ3) is 4.85. The molecule has 0 unspecified atom stereocenters.